The van der Waals surface area contributed by atoms with Crippen LogP contribution in [0.3, 0.4) is 0 Å². The van der Waals surface area contributed by atoms with Crippen LogP contribution in [0.25, 0.3) is 5.57 Å². The molecule has 0 spiro atoms. The SMILES string of the molecule is C=C(C)[C@@H]1CC[C@]2(CNCCc3ccc(S(N)(=O)=O)cc3)CC[C@]3(C)[C@H](CC[C@@H]4[C@@]5(C)CC=C(c6ccc(C(=O)O)cc6)C(C)(C)[C@@H]5CC[C@]43C)[C@@H]12. The van der Waals surface area contributed by atoms with E-state index < -0.39 is 16.0 Å². The second-order valence-electron chi connectivity index (χ2n) is 19.1. The molecule has 52 heavy (non-hydrogen) atoms. The number of nitrogens with two attached hydrogens (primary N) is 1. The number of nitrogens with one attached hydrogen (secondary N) is 1. The summed E-state index contributed by atoms with van der Waals surface area (Å²) >= 11 is 0. The lowest BCUT2D eigenvalue weighted by Crippen LogP contribution is -2.65. The number of carbonyl (C=O) groups is 1. The van der Waals surface area contributed by atoms with E-state index in [0.717, 1.165) is 31.5 Å². The van der Waals surface area contributed by atoms with E-state index in [1.54, 1.807) is 24.3 Å². The van der Waals surface area contributed by atoms with Gasteiger partial charge in [-0.3, -0.25) is 0 Å². The van der Waals surface area contributed by atoms with Gasteiger partial charge in [-0.15, -0.1) is 0 Å². The van der Waals surface area contributed by atoms with E-state index in [2.05, 4.69) is 59.5 Å². The van der Waals surface area contributed by atoms with Crippen LogP contribution in [0.15, 0.2) is 71.7 Å². The van der Waals surface area contributed by atoms with Crippen LogP contribution in [0.5, 0.6) is 0 Å². The van der Waals surface area contributed by atoms with Crippen LogP contribution in [0.2, 0.25) is 0 Å². The van der Waals surface area contributed by atoms with Crippen LogP contribution in [-0.4, -0.2) is 32.6 Å². The zero-order valence-electron chi connectivity index (χ0n) is 32.4. The second-order valence-corrected chi connectivity index (χ2v) is 20.7. The summed E-state index contributed by atoms with van der Waals surface area (Å²) in [6.45, 7) is 21.8. The third-order valence-electron chi connectivity index (χ3n) is 16.6. The van der Waals surface area contributed by atoms with Crippen LogP contribution in [0.1, 0.15) is 121 Å². The first-order valence-electron chi connectivity index (χ1n) is 19.9. The largest absolute Gasteiger partial charge is 0.478 e. The van der Waals surface area contributed by atoms with E-state index in [1.807, 2.05) is 24.3 Å². The van der Waals surface area contributed by atoms with Gasteiger partial charge in [0.05, 0.1) is 10.5 Å². The van der Waals surface area contributed by atoms with Gasteiger partial charge in [0.1, 0.15) is 0 Å². The number of carboxylic acid groups (broad SMARTS) is 1. The highest BCUT2D eigenvalue weighted by atomic mass is 32.2. The Balaban J connectivity index is 1.12. The van der Waals surface area contributed by atoms with Crippen molar-refractivity contribution < 1.29 is 18.3 Å². The van der Waals surface area contributed by atoms with Crippen molar-refractivity contribution in [3.8, 4) is 0 Å². The summed E-state index contributed by atoms with van der Waals surface area (Å²) < 4.78 is 23.4. The Morgan fingerprint density at radius 3 is 2.21 bits per heavy atom. The van der Waals surface area contributed by atoms with Gasteiger partial charge in [-0.25, -0.2) is 18.4 Å². The number of sulfonamides is 1. The molecule has 4 N–H and O–H groups in total. The molecule has 0 aromatic heterocycles. The van der Waals surface area contributed by atoms with Gasteiger partial charge in [-0.1, -0.05) is 77.1 Å². The number of primary sulfonamides is 1. The highest BCUT2D eigenvalue weighted by Crippen LogP contribution is 2.77. The number of hydrogen-bond acceptors (Lipinski definition) is 4. The fourth-order valence-corrected chi connectivity index (χ4v) is 14.4. The fraction of sp³-hybridized carbons (Fsp3) is 0.622. The zero-order valence-corrected chi connectivity index (χ0v) is 33.2. The Labute approximate surface area is 313 Å². The molecule has 9 atom stereocenters. The minimum absolute atomic E-state index is 0.00483. The maximum absolute atomic E-state index is 11.7. The van der Waals surface area contributed by atoms with Gasteiger partial charge in [0, 0.05) is 6.54 Å². The second kappa shape index (κ2) is 12.9. The van der Waals surface area contributed by atoms with Crippen molar-refractivity contribution in [2.75, 3.05) is 13.1 Å². The summed E-state index contributed by atoms with van der Waals surface area (Å²) in [4.78, 5) is 11.7. The van der Waals surface area contributed by atoms with Crippen molar-refractivity contribution >= 4 is 21.6 Å². The van der Waals surface area contributed by atoms with Crippen molar-refractivity contribution in [2.45, 2.75) is 111 Å². The zero-order chi connectivity index (χ0) is 37.5. The van der Waals surface area contributed by atoms with Gasteiger partial charge < -0.3 is 10.4 Å². The molecular formula is C45H62N2O4S. The van der Waals surface area contributed by atoms with E-state index in [0.29, 0.717) is 35.2 Å². The minimum Gasteiger partial charge on any atom is -0.478 e. The third-order valence-corrected chi connectivity index (χ3v) is 17.5. The van der Waals surface area contributed by atoms with Crippen molar-refractivity contribution in [2.24, 2.45) is 61.8 Å². The van der Waals surface area contributed by atoms with Crippen molar-refractivity contribution in [1.29, 1.82) is 0 Å². The molecule has 7 heteroatoms. The normalized spacial score (nSPS) is 37.9. The van der Waals surface area contributed by atoms with Crippen LogP contribution >= 0.6 is 0 Å². The van der Waals surface area contributed by atoms with Crippen LogP contribution in [0.4, 0.5) is 0 Å². The van der Waals surface area contributed by atoms with Crippen molar-refractivity contribution in [1.82, 2.24) is 5.32 Å². The lowest BCUT2D eigenvalue weighted by Gasteiger charge is -2.72. The van der Waals surface area contributed by atoms with E-state index in [4.69, 9.17) is 5.14 Å². The lowest BCUT2D eigenvalue weighted by atomic mass is 9.32. The highest BCUT2D eigenvalue weighted by molar-refractivity contribution is 7.89. The molecule has 5 aliphatic rings. The van der Waals surface area contributed by atoms with Crippen LogP contribution in [-0.2, 0) is 16.4 Å². The van der Waals surface area contributed by atoms with E-state index in [-0.39, 0.29) is 32.0 Å². The molecule has 2 aromatic rings. The Kier molecular flexibility index (Phi) is 9.35. The smallest absolute Gasteiger partial charge is 0.335 e. The Bertz CT molecular complexity index is 1860. The van der Waals surface area contributed by atoms with E-state index in [9.17, 15) is 18.3 Å². The summed E-state index contributed by atoms with van der Waals surface area (Å²) in [5, 5.41) is 18.7. The fourth-order valence-electron chi connectivity index (χ4n) is 13.9. The minimum atomic E-state index is -3.68. The summed E-state index contributed by atoms with van der Waals surface area (Å²) in [7, 11) is -3.68. The number of fused-ring (bicyclic) bond motifs is 7. The van der Waals surface area contributed by atoms with E-state index in [1.165, 1.54) is 68.1 Å². The third kappa shape index (κ3) is 5.78. The van der Waals surface area contributed by atoms with E-state index >= 15 is 0 Å². The summed E-state index contributed by atoms with van der Waals surface area (Å²) in [6, 6.07) is 14.6. The quantitative estimate of drug-likeness (QED) is 0.176. The average molecular weight is 727 g/mol. The molecule has 7 rings (SSSR count). The van der Waals surface area contributed by atoms with Gasteiger partial charge in [0.15, 0.2) is 0 Å². The molecular weight excluding hydrogens is 665 g/mol. The molecule has 6 nitrogen and oxygen atoms in total. The molecule has 0 bridgehead atoms. The predicted octanol–water partition coefficient (Wildman–Crippen LogP) is 9.52. The first kappa shape index (κ1) is 37.6. The molecule has 282 valence electrons. The van der Waals surface area contributed by atoms with Crippen molar-refractivity contribution in [3.63, 3.8) is 0 Å². The maximum Gasteiger partial charge on any atom is 0.335 e. The maximum atomic E-state index is 11.7. The number of allylic oxidation sites excluding steroid dienone is 3. The van der Waals surface area contributed by atoms with Gasteiger partial charge in [-0.2, -0.15) is 0 Å². The molecule has 4 saturated carbocycles. The Morgan fingerprint density at radius 2 is 1.58 bits per heavy atom. The van der Waals surface area contributed by atoms with Crippen LogP contribution in [0, 0.1) is 56.7 Å². The highest BCUT2D eigenvalue weighted by Gasteiger charge is 2.70. The number of hydrogen-bond donors (Lipinski definition) is 3. The van der Waals surface area contributed by atoms with Gasteiger partial charge in [-0.05, 0) is 175 Å². The number of rotatable bonds is 9. The Morgan fingerprint density at radius 1 is 0.885 bits per heavy atom. The monoisotopic (exact) mass is 726 g/mol. The van der Waals surface area contributed by atoms with Gasteiger partial charge >= 0.3 is 5.97 Å². The first-order valence-corrected chi connectivity index (χ1v) is 21.4. The van der Waals surface area contributed by atoms with Gasteiger partial charge in [0.25, 0.3) is 0 Å². The molecule has 0 heterocycles. The number of benzene rings is 2. The average Bonchev–Trinajstić information content (AvgIpc) is 3.47. The predicted molar refractivity (Wildman–Crippen MR) is 210 cm³/mol. The number of aromatic carboxylic acids is 1. The standard InChI is InChI=1S/C45H62N2O4S/c1-29(2)34-18-24-45(28-47-27-21-30-8-14-33(15-9-30)52(46,50)51)26-25-43(6)36(39(34)45)16-17-38-42(5)22-19-35(31-10-12-32(13-11-31)40(48)49)41(3,4)37(42)20-23-44(38,43)7/h8-15,19,34,36-39,47H,1,16-18,20-28H2,2-7H3,(H,48,49)(H2,46,50,51)/t34-,36+,37-,38+,39+,42-,43+,44+,45+/m0/s1. The van der Waals surface area contributed by atoms with Gasteiger partial charge in [0.2, 0.25) is 10.0 Å². The Hall–Kier alpha value is -2.74. The van der Waals surface area contributed by atoms with Crippen molar-refractivity contribution in [3.05, 3.63) is 83.4 Å². The molecule has 0 radical (unpaired) electrons. The molecule has 5 aliphatic carbocycles. The molecule has 2 aromatic carbocycles. The lowest BCUT2D eigenvalue weighted by molar-refractivity contribution is -0.225. The molecule has 0 unspecified atom stereocenters. The summed E-state index contributed by atoms with van der Waals surface area (Å²) in [6.07, 6.45) is 14.7. The molecule has 4 fully saturated rings. The summed E-state index contributed by atoms with van der Waals surface area (Å²) in [5.74, 6) is 2.29. The summed E-state index contributed by atoms with van der Waals surface area (Å²) in [5.41, 5.74) is 6.47. The molecule has 0 aliphatic heterocycles. The molecule has 0 saturated heterocycles. The number of carboxylic acids is 1. The molecule has 0 amide bonds. The topological polar surface area (TPSA) is 109 Å². The van der Waals surface area contributed by atoms with Crippen LogP contribution < -0.4 is 10.5 Å². The first-order chi connectivity index (χ1) is 24.4.